The van der Waals surface area contributed by atoms with Gasteiger partial charge in [-0.15, -0.1) is 11.3 Å². The van der Waals surface area contributed by atoms with Gasteiger partial charge in [0.1, 0.15) is 10.6 Å². The van der Waals surface area contributed by atoms with Crippen LogP contribution in [0.15, 0.2) is 50.9 Å². The van der Waals surface area contributed by atoms with E-state index in [9.17, 15) is 9.59 Å². The van der Waals surface area contributed by atoms with Crippen LogP contribution in [-0.2, 0) is 4.74 Å². The molecule has 0 spiro atoms. The largest absolute Gasteiger partial charge is 0.462 e. The van der Waals surface area contributed by atoms with Gasteiger partial charge in [0.15, 0.2) is 10.4 Å². The molecule has 0 saturated carbocycles. The molecule has 1 amide bonds. The number of amides is 1. The van der Waals surface area contributed by atoms with E-state index in [1.807, 2.05) is 12.1 Å². The average molecular weight is 455 g/mol. The van der Waals surface area contributed by atoms with Crippen molar-refractivity contribution < 1.29 is 18.7 Å². The van der Waals surface area contributed by atoms with Crippen molar-refractivity contribution in [2.24, 2.45) is 0 Å². The summed E-state index contributed by atoms with van der Waals surface area (Å²) in [4.78, 5) is 24.9. The molecule has 3 rings (SSSR count). The Balaban J connectivity index is 2.01. The summed E-state index contributed by atoms with van der Waals surface area (Å²) in [5, 5.41) is 5.35. The number of hydrogen-bond donors (Lipinski definition) is 1. The van der Waals surface area contributed by atoms with E-state index in [0.717, 1.165) is 0 Å². The number of benzene rings is 1. The first-order chi connectivity index (χ1) is 12.5. The lowest BCUT2D eigenvalue weighted by molar-refractivity contribution is 0.0529. The molecule has 0 unspecified atom stereocenters. The third kappa shape index (κ3) is 3.85. The van der Waals surface area contributed by atoms with Crippen LogP contribution in [-0.4, -0.2) is 18.5 Å². The second-order valence-electron chi connectivity index (χ2n) is 5.11. The minimum absolute atomic E-state index is 0.124. The molecule has 0 aliphatic rings. The highest BCUT2D eigenvalue weighted by Crippen LogP contribution is 2.39. The van der Waals surface area contributed by atoms with Crippen molar-refractivity contribution in [2.75, 3.05) is 11.9 Å². The van der Waals surface area contributed by atoms with Crippen LogP contribution in [0.3, 0.4) is 0 Å². The SMILES string of the molecule is CCOC(=O)c1c(-c2ccccc2Cl)csc1NC(=O)c1ccc(Br)o1. The third-order valence-corrected chi connectivity index (χ3v) is 5.11. The molecule has 0 bridgehead atoms. The summed E-state index contributed by atoms with van der Waals surface area (Å²) in [5.41, 5.74) is 1.56. The van der Waals surface area contributed by atoms with Gasteiger partial charge in [0, 0.05) is 21.5 Å². The molecule has 0 atom stereocenters. The second-order valence-corrected chi connectivity index (χ2v) is 7.18. The number of thiophene rings is 1. The smallest absolute Gasteiger partial charge is 0.341 e. The first kappa shape index (κ1) is 18.7. The van der Waals surface area contributed by atoms with Crippen LogP contribution in [0, 0.1) is 0 Å². The Morgan fingerprint density at radius 2 is 2.00 bits per heavy atom. The number of nitrogens with one attached hydrogen (secondary N) is 1. The minimum Gasteiger partial charge on any atom is -0.462 e. The summed E-state index contributed by atoms with van der Waals surface area (Å²) >= 11 is 10.6. The van der Waals surface area contributed by atoms with E-state index >= 15 is 0 Å². The van der Waals surface area contributed by atoms with Crippen molar-refractivity contribution in [2.45, 2.75) is 6.92 Å². The Kier molecular flexibility index (Phi) is 5.80. The maximum absolute atomic E-state index is 12.5. The lowest BCUT2D eigenvalue weighted by Crippen LogP contribution is -2.14. The van der Waals surface area contributed by atoms with Crippen molar-refractivity contribution in [3.8, 4) is 11.1 Å². The van der Waals surface area contributed by atoms with Crippen LogP contribution in [0.2, 0.25) is 5.02 Å². The number of hydrogen-bond acceptors (Lipinski definition) is 5. The fraction of sp³-hybridized carbons (Fsp3) is 0.111. The zero-order valence-electron chi connectivity index (χ0n) is 13.5. The monoisotopic (exact) mass is 453 g/mol. The molecule has 0 radical (unpaired) electrons. The third-order valence-electron chi connectivity index (χ3n) is 3.46. The molecule has 1 aromatic carbocycles. The highest BCUT2D eigenvalue weighted by molar-refractivity contribution is 9.10. The summed E-state index contributed by atoms with van der Waals surface area (Å²) in [5.74, 6) is -0.868. The summed E-state index contributed by atoms with van der Waals surface area (Å²) in [7, 11) is 0. The topological polar surface area (TPSA) is 68.5 Å². The number of halogens is 2. The van der Waals surface area contributed by atoms with Gasteiger partial charge in [0.25, 0.3) is 5.91 Å². The van der Waals surface area contributed by atoms with E-state index in [1.54, 1.807) is 30.5 Å². The predicted octanol–water partition coefficient (Wildman–Crippen LogP) is 5.85. The second kappa shape index (κ2) is 8.07. The number of anilines is 1. The molecule has 26 heavy (non-hydrogen) atoms. The highest BCUT2D eigenvalue weighted by atomic mass is 79.9. The van der Waals surface area contributed by atoms with Gasteiger partial charge in [-0.2, -0.15) is 0 Å². The summed E-state index contributed by atoms with van der Waals surface area (Å²) in [6, 6.07) is 10.3. The van der Waals surface area contributed by atoms with Crippen molar-refractivity contribution in [1.82, 2.24) is 0 Å². The van der Waals surface area contributed by atoms with E-state index < -0.39 is 11.9 Å². The number of ether oxygens (including phenoxy) is 1. The number of esters is 1. The van der Waals surface area contributed by atoms with Gasteiger partial charge < -0.3 is 14.5 Å². The van der Waals surface area contributed by atoms with Crippen molar-refractivity contribution >= 4 is 55.7 Å². The van der Waals surface area contributed by atoms with Crippen LogP contribution in [0.1, 0.15) is 27.8 Å². The molecule has 5 nitrogen and oxygen atoms in total. The van der Waals surface area contributed by atoms with Crippen molar-refractivity contribution in [3.63, 3.8) is 0 Å². The van der Waals surface area contributed by atoms with Gasteiger partial charge in [-0.25, -0.2) is 4.79 Å². The normalized spacial score (nSPS) is 10.6. The zero-order chi connectivity index (χ0) is 18.7. The van der Waals surface area contributed by atoms with E-state index in [1.165, 1.54) is 17.4 Å². The highest BCUT2D eigenvalue weighted by Gasteiger charge is 2.24. The Morgan fingerprint density at radius 3 is 2.65 bits per heavy atom. The predicted molar refractivity (Wildman–Crippen MR) is 105 cm³/mol. The van der Waals surface area contributed by atoms with E-state index in [0.29, 0.717) is 25.8 Å². The van der Waals surface area contributed by atoms with E-state index in [2.05, 4.69) is 21.2 Å². The lowest BCUT2D eigenvalue weighted by Gasteiger charge is -2.09. The molecule has 3 aromatic rings. The van der Waals surface area contributed by atoms with Gasteiger partial charge in [-0.3, -0.25) is 4.79 Å². The summed E-state index contributed by atoms with van der Waals surface area (Å²) < 4.78 is 10.9. The molecule has 2 heterocycles. The minimum atomic E-state index is -0.528. The van der Waals surface area contributed by atoms with Gasteiger partial charge >= 0.3 is 5.97 Å². The maximum Gasteiger partial charge on any atom is 0.341 e. The number of carbonyl (C=O) groups is 2. The molecule has 134 valence electrons. The molecule has 8 heteroatoms. The zero-order valence-corrected chi connectivity index (χ0v) is 16.7. The standard InChI is InChI=1S/C18H13BrClNO4S/c1-2-24-18(23)15-11(10-5-3-4-6-12(10)20)9-26-17(15)21-16(22)13-7-8-14(19)25-13/h3-9H,2H2,1H3,(H,21,22). The fourth-order valence-corrected chi connectivity index (χ4v) is 3.82. The number of furan rings is 1. The van der Waals surface area contributed by atoms with Gasteiger partial charge in [0.05, 0.1) is 6.61 Å². The van der Waals surface area contributed by atoms with E-state index in [-0.39, 0.29) is 17.9 Å². The van der Waals surface area contributed by atoms with Gasteiger partial charge in [-0.05, 0) is 41.1 Å². The quantitative estimate of drug-likeness (QED) is 0.491. The van der Waals surface area contributed by atoms with E-state index in [4.69, 9.17) is 20.8 Å². The van der Waals surface area contributed by atoms with Crippen LogP contribution >= 0.6 is 38.9 Å². The Labute approximate surface area is 167 Å². The van der Waals surface area contributed by atoms with Crippen LogP contribution in [0.4, 0.5) is 5.00 Å². The Hall–Kier alpha value is -2.09. The molecular formula is C18H13BrClNO4S. The molecule has 2 aromatic heterocycles. The molecule has 0 aliphatic carbocycles. The molecule has 0 aliphatic heterocycles. The first-order valence-corrected chi connectivity index (χ1v) is 9.66. The van der Waals surface area contributed by atoms with Crippen LogP contribution in [0.25, 0.3) is 11.1 Å². The summed E-state index contributed by atoms with van der Waals surface area (Å²) in [6.07, 6.45) is 0. The van der Waals surface area contributed by atoms with Crippen molar-refractivity contribution in [3.05, 3.63) is 62.8 Å². The van der Waals surface area contributed by atoms with Crippen molar-refractivity contribution in [1.29, 1.82) is 0 Å². The average Bonchev–Trinajstić information content (AvgIpc) is 3.22. The fourth-order valence-electron chi connectivity index (χ4n) is 2.33. The maximum atomic E-state index is 12.5. The lowest BCUT2D eigenvalue weighted by atomic mass is 10.0. The molecule has 0 saturated heterocycles. The first-order valence-electron chi connectivity index (χ1n) is 7.61. The Morgan fingerprint density at radius 1 is 1.23 bits per heavy atom. The molecule has 1 N–H and O–H groups in total. The van der Waals surface area contributed by atoms with Crippen LogP contribution in [0.5, 0.6) is 0 Å². The van der Waals surface area contributed by atoms with Gasteiger partial charge in [-0.1, -0.05) is 29.8 Å². The number of carbonyl (C=O) groups excluding carboxylic acids is 2. The summed E-state index contributed by atoms with van der Waals surface area (Å²) in [6.45, 7) is 1.94. The number of rotatable bonds is 5. The van der Waals surface area contributed by atoms with Crippen LogP contribution < -0.4 is 5.32 Å². The van der Waals surface area contributed by atoms with Gasteiger partial charge in [0.2, 0.25) is 0 Å². The molecule has 0 fully saturated rings. The Bertz CT molecular complexity index is 966. The molecular weight excluding hydrogens is 442 g/mol.